The number of rotatable bonds is 8. The van der Waals surface area contributed by atoms with E-state index in [1.54, 1.807) is 30.6 Å². The second kappa shape index (κ2) is 13.4. The van der Waals surface area contributed by atoms with Gasteiger partial charge in [0.05, 0.1) is 6.54 Å². The van der Waals surface area contributed by atoms with Crippen molar-refractivity contribution in [2.24, 2.45) is 0 Å². The first-order valence-electron chi connectivity index (χ1n) is 13.9. The number of alkyl carbamates (subject to hydrolysis) is 2. The van der Waals surface area contributed by atoms with Crippen LogP contribution in [0.25, 0.3) is 11.1 Å². The lowest BCUT2D eigenvalue weighted by atomic mass is 9.98. The van der Waals surface area contributed by atoms with Gasteiger partial charge in [0, 0.05) is 32.1 Å². The number of carbonyl (C=O) groups is 5. The van der Waals surface area contributed by atoms with Crippen molar-refractivity contribution in [1.82, 2.24) is 25.8 Å². The average Bonchev–Trinajstić information content (AvgIpc) is 3.29. The Hall–Kier alpha value is -4.61. The predicted octanol–water partition coefficient (Wildman–Crippen LogP) is 1.84. The molecule has 4 rings (SSSR count). The van der Waals surface area contributed by atoms with Crippen LogP contribution in [0.2, 0.25) is 0 Å². The maximum atomic E-state index is 12.6. The van der Waals surface area contributed by atoms with E-state index in [2.05, 4.69) is 28.1 Å². The molecule has 12 nitrogen and oxygen atoms in total. The third-order valence-corrected chi connectivity index (χ3v) is 6.94. The number of nitrogens with one attached hydrogen (secondary N) is 3. The van der Waals surface area contributed by atoms with E-state index in [1.807, 2.05) is 36.4 Å². The van der Waals surface area contributed by atoms with Crippen LogP contribution in [-0.2, 0) is 23.9 Å². The van der Waals surface area contributed by atoms with Crippen molar-refractivity contribution in [1.29, 1.82) is 0 Å². The molecule has 0 radical (unpaired) electrons. The van der Waals surface area contributed by atoms with Gasteiger partial charge in [-0.25, -0.2) is 9.59 Å². The molecule has 0 aromatic heterocycles. The summed E-state index contributed by atoms with van der Waals surface area (Å²) in [4.78, 5) is 64.2. The van der Waals surface area contributed by atoms with Gasteiger partial charge in [-0.05, 0) is 43.0 Å². The molecule has 3 N–H and O–H groups in total. The molecule has 1 heterocycles. The van der Waals surface area contributed by atoms with Crippen molar-refractivity contribution in [2.75, 3.05) is 52.4 Å². The summed E-state index contributed by atoms with van der Waals surface area (Å²) in [6.45, 7) is 5.69. The van der Waals surface area contributed by atoms with E-state index in [0.717, 1.165) is 22.3 Å². The molecule has 0 bridgehead atoms. The third-order valence-electron chi connectivity index (χ3n) is 6.94. The Bertz CT molecular complexity index is 1290. The molecule has 0 atom stereocenters. The summed E-state index contributed by atoms with van der Waals surface area (Å²) in [5.41, 5.74) is 3.79. The Morgan fingerprint density at radius 3 is 1.71 bits per heavy atom. The molecule has 0 saturated carbocycles. The minimum Gasteiger partial charge on any atom is -0.449 e. The Morgan fingerprint density at radius 2 is 1.19 bits per heavy atom. The second-order valence-electron chi connectivity index (χ2n) is 11.1. The van der Waals surface area contributed by atoms with Crippen molar-refractivity contribution in [3.05, 3.63) is 59.7 Å². The first-order valence-corrected chi connectivity index (χ1v) is 13.9. The van der Waals surface area contributed by atoms with Gasteiger partial charge in [0.2, 0.25) is 17.7 Å². The zero-order valence-corrected chi connectivity index (χ0v) is 24.1. The Labute approximate surface area is 244 Å². The molecule has 0 unspecified atom stereocenters. The topological polar surface area (TPSA) is 146 Å². The van der Waals surface area contributed by atoms with Gasteiger partial charge in [0.1, 0.15) is 25.3 Å². The summed E-state index contributed by atoms with van der Waals surface area (Å²) < 4.78 is 10.5. The molecule has 2 aromatic carbocycles. The summed E-state index contributed by atoms with van der Waals surface area (Å²) in [6.07, 6.45) is -1.39. The molecule has 1 saturated heterocycles. The fourth-order valence-corrected chi connectivity index (χ4v) is 4.93. The van der Waals surface area contributed by atoms with Gasteiger partial charge in [-0.15, -0.1) is 0 Å². The lowest BCUT2D eigenvalue weighted by Gasteiger charge is -2.34. The summed E-state index contributed by atoms with van der Waals surface area (Å²) in [5.74, 6) is -1.18. The molecule has 1 aliphatic heterocycles. The zero-order chi connectivity index (χ0) is 30.3. The number of amides is 5. The number of carbonyl (C=O) groups excluding carboxylic acids is 5. The average molecular weight is 580 g/mol. The number of piperazine rings is 1. The van der Waals surface area contributed by atoms with Crippen LogP contribution in [-0.4, -0.2) is 97.7 Å². The molecule has 0 spiro atoms. The molecular weight excluding hydrogens is 542 g/mol. The Morgan fingerprint density at radius 1 is 0.714 bits per heavy atom. The number of fused-ring (bicyclic) bond motifs is 3. The van der Waals surface area contributed by atoms with Gasteiger partial charge >= 0.3 is 12.2 Å². The fourth-order valence-electron chi connectivity index (χ4n) is 4.93. The van der Waals surface area contributed by atoms with Crippen LogP contribution in [0.15, 0.2) is 48.5 Å². The molecule has 1 aliphatic carbocycles. The summed E-state index contributed by atoms with van der Waals surface area (Å²) in [7, 11) is 0. The van der Waals surface area contributed by atoms with E-state index in [0.29, 0.717) is 26.2 Å². The van der Waals surface area contributed by atoms with Gasteiger partial charge in [-0.3, -0.25) is 14.4 Å². The summed E-state index contributed by atoms with van der Waals surface area (Å²) >= 11 is 0. The fraction of sp³-hybridized carbons (Fsp3) is 0.433. The molecule has 5 amide bonds. The molecule has 224 valence electrons. The number of hydrogen-bond donors (Lipinski definition) is 3. The smallest absolute Gasteiger partial charge is 0.408 e. The number of ether oxygens (including phenoxy) is 2. The number of benzene rings is 2. The second-order valence-corrected chi connectivity index (χ2v) is 11.1. The maximum absolute atomic E-state index is 12.6. The monoisotopic (exact) mass is 579 g/mol. The number of nitrogens with zero attached hydrogens (tertiary/aromatic N) is 2. The van der Waals surface area contributed by atoms with Gasteiger partial charge < -0.3 is 35.2 Å². The van der Waals surface area contributed by atoms with Crippen LogP contribution >= 0.6 is 0 Å². The predicted molar refractivity (Wildman–Crippen MR) is 153 cm³/mol. The van der Waals surface area contributed by atoms with E-state index in [-0.39, 0.29) is 44.0 Å². The van der Waals surface area contributed by atoms with E-state index in [4.69, 9.17) is 9.47 Å². The van der Waals surface area contributed by atoms with Gasteiger partial charge in [0.15, 0.2) is 0 Å². The van der Waals surface area contributed by atoms with Crippen LogP contribution in [0.1, 0.15) is 37.8 Å². The van der Waals surface area contributed by atoms with E-state index in [1.165, 1.54) is 0 Å². The van der Waals surface area contributed by atoms with Crippen molar-refractivity contribution in [3.8, 4) is 11.1 Å². The minimum atomic E-state index is -0.724. The highest BCUT2D eigenvalue weighted by molar-refractivity contribution is 5.87. The van der Waals surface area contributed by atoms with E-state index >= 15 is 0 Å². The third kappa shape index (κ3) is 7.99. The van der Waals surface area contributed by atoms with Crippen LogP contribution in [0.3, 0.4) is 0 Å². The molecular formula is C30H37N5O7. The Kier molecular flexibility index (Phi) is 9.66. The highest BCUT2D eigenvalue weighted by atomic mass is 16.6. The van der Waals surface area contributed by atoms with Crippen molar-refractivity contribution in [2.45, 2.75) is 32.3 Å². The quantitative estimate of drug-likeness (QED) is 0.433. The van der Waals surface area contributed by atoms with Crippen molar-refractivity contribution in [3.63, 3.8) is 0 Å². The minimum absolute atomic E-state index is 0.0736. The van der Waals surface area contributed by atoms with E-state index < -0.39 is 23.7 Å². The highest BCUT2D eigenvalue weighted by Gasteiger charge is 2.29. The molecule has 1 fully saturated rings. The van der Waals surface area contributed by atoms with Crippen LogP contribution in [0, 0.1) is 0 Å². The highest BCUT2D eigenvalue weighted by Crippen LogP contribution is 2.44. The number of hydrogen-bond acceptors (Lipinski definition) is 7. The molecule has 2 aliphatic rings. The molecule has 12 heteroatoms. The zero-order valence-electron chi connectivity index (χ0n) is 24.1. The lowest BCUT2D eigenvalue weighted by Crippen LogP contribution is -2.54. The van der Waals surface area contributed by atoms with Gasteiger partial charge in [-0.2, -0.15) is 0 Å². The SMILES string of the molecule is CC(C)(C)OC(=O)NCC(=O)NCC(=O)N1CCN(C(=O)CNC(=O)OCC2c3ccccc3-c3ccccc32)CC1. The standard InChI is InChI=1S/C30H37N5O7/c1-30(2,3)42-29(40)32-16-25(36)31-17-26(37)34-12-14-35(15-13-34)27(38)18-33-28(39)41-19-24-22-10-6-4-8-20(22)21-9-5-7-11-23(21)24/h4-11,24H,12-19H2,1-3H3,(H,31,36)(H,32,40)(H,33,39). The van der Waals surface area contributed by atoms with Crippen LogP contribution in [0.4, 0.5) is 9.59 Å². The Balaban J connectivity index is 1.13. The van der Waals surface area contributed by atoms with Crippen LogP contribution in [0.5, 0.6) is 0 Å². The van der Waals surface area contributed by atoms with E-state index in [9.17, 15) is 24.0 Å². The van der Waals surface area contributed by atoms with Crippen LogP contribution < -0.4 is 16.0 Å². The first kappa shape index (κ1) is 30.4. The lowest BCUT2D eigenvalue weighted by molar-refractivity contribution is -0.139. The summed E-state index contributed by atoms with van der Waals surface area (Å²) in [5, 5.41) is 7.33. The first-order chi connectivity index (χ1) is 20.0. The molecule has 42 heavy (non-hydrogen) atoms. The van der Waals surface area contributed by atoms with Crippen molar-refractivity contribution >= 4 is 29.9 Å². The maximum Gasteiger partial charge on any atom is 0.408 e. The summed E-state index contributed by atoms with van der Waals surface area (Å²) in [6, 6.07) is 16.1. The van der Waals surface area contributed by atoms with Crippen molar-refractivity contribution < 1.29 is 33.4 Å². The van der Waals surface area contributed by atoms with Gasteiger partial charge in [0.25, 0.3) is 0 Å². The normalized spacial score (nSPS) is 14.4. The largest absolute Gasteiger partial charge is 0.449 e. The molecule has 2 aromatic rings. The van der Waals surface area contributed by atoms with Gasteiger partial charge in [-0.1, -0.05) is 48.5 Å².